The van der Waals surface area contributed by atoms with Crippen molar-refractivity contribution in [3.63, 3.8) is 0 Å². The highest BCUT2D eigenvalue weighted by Crippen LogP contribution is 2.26. The Morgan fingerprint density at radius 1 is 1.00 bits per heavy atom. The van der Waals surface area contributed by atoms with Crippen LogP contribution in [0.2, 0.25) is 0 Å². The summed E-state index contributed by atoms with van der Waals surface area (Å²) in [7, 11) is 0. The van der Waals surface area contributed by atoms with Crippen molar-refractivity contribution >= 4 is 17.0 Å². The first kappa shape index (κ1) is 15.7. The van der Waals surface area contributed by atoms with Gasteiger partial charge in [-0.2, -0.15) is 4.98 Å². The van der Waals surface area contributed by atoms with Crippen molar-refractivity contribution in [2.24, 2.45) is 0 Å². The Kier molecular flexibility index (Phi) is 3.67. The summed E-state index contributed by atoms with van der Waals surface area (Å²) in [5.41, 5.74) is 4.56. The molecule has 0 bridgehead atoms. The van der Waals surface area contributed by atoms with Crippen LogP contribution in [0.3, 0.4) is 0 Å². The largest absolute Gasteiger partial charge is 0.338 e. The SMILES string of the molecule is O=c1[nH]c(N2CCc3ccccc3C2)nc2nccc(-c3cccnc3)c12. The molecule has 0 saturated heterocycles. The van der Waals surface area contributed by atoms with Crippen LogP contribution in [0.4, 0.5) is 5.95 Å². The summed E-state index contributed by atoms with van der Waals surface area (Å²) in [5, 5.41) is 0.492. The molecule has 6 nitrogen and oxygen atoms in total. The lowest BCUT2D eigenvalue weighted by molar-refractivity contribution is 0.708. The number of hydrogen-bond donors (Lipinski definition) is 1. The lowest BCUT2D eigenvalue weighted by Crippen LogP contribution is -2.33. The van der Waals surface area contributed by atoms with Crippen molar-refractivity contribution in [2.75, 3.05) is 11.4 Å². The molecule has 1 N–H and O–H groups in total. The van der Waals surface area contributed by atoms with E-state index in [2.05, 4.69) is 43.0 Å². The lowest BCUT2D eigenvalue weighted by Gasteiger charge is -2.29. The molecule has 1 aliphatic heterocycles. The molecule has 132 valence electrons. The first-order valence-electron chi connectivity index (χ1n) is 8.91. The minimum Gasteiger partial charge on any atom is -0.338 e. The first-order valence-corrected chi connectivity index (χ1v) is 8.91. The minimum atomic E-state index is -0.180. The normalized spacial score (nSPS) is 13.6. The fraction of sp³-hybridized carbons (Fsp3) is 0.143. The van der Waals surface area contributed by atoms with Crippen LogP contribution in [-0.2, 0) is 13.0 Å². The maximum Gasteiger partial charge on any atom is 0.262 e. The molecular formula is C21H17N5O. The van der Waals surface area contributed by atoms with Crippen molar-refractivity contribution in [3.05, 3.63) is 82.5 Å². The van der Waals surface area contributed by atoms with Gasteiger partial charge in [-0.1, -0.05) is 30.3 Å². The molecule has 1 aliphatic rings. The summed E-state index contributed by atoms with van der Waals surface area (Å²) in [4.78, 5) is 31.1. The molecule has 6 heteroatoms. The standard InChI is InChI=1S/C21H17N5O/c27-20-18-17(15-6-3-9-22-12-15)7-10-23-19(18)24-21(25-20)26-11-8-14-4-1-2-5-16(14)13-26/h1-7,9-10,12H,8,11,13H2,(H,23,24,25,27). The van der Waals surface area contributed by atoms with E-state index in [0.29, 0.717) is 17.0 Å². The third-order valence-corrected chi connectivity index (χ3v) is 5.00. The predicted molar refractivity (Wildman–Crippen MR) is 105 cm³/mol. The molecule has 0 aliphatic carbocycles. The van der Waals surface area contributed by atoms with Gasteiger partial charge in [-0.25, -0.2) is 4.98 Å². The van der Waals surface area contributed by atoms with E-state index >= 15 is 0 Å². The van der Waals surface area contributed by atoms with E-state index in [1.807, 2.05) is 24.3 Å². The zero-order chi connectivity index (χ0) is 18.2. The van der Waals surface area contributed by atoms with Gasteiger partial charge in [-0.15, -0.1) is 0 Å². The van der Waals surface area contributed by atoms with Crippen LogP contribution >= 0.6 is 0 Å². The van der Waals surface area contributed by atoms with E-state index in [0.717, 1.165) is 30.6 Å². The van der Waals surface area contributed by atoms with Gasteiger partial charge in [0.25, 0.3) is 5.56 Å². The summed E-state index contributed by atoms with van der Waals surface area (Å²) < 4.78 is 0. The Balaban J connectivity index is 1.60. The molecule has 4 aromatic rings. The van der Waals surface area contributed by atoms with Crippen LogP contribution in [0.5, 0.6) is 0 Å². The predicted octanol–water partition coefficient (Wildman–Crippen LogP) is 2.94. The average molecular weight is 355 g/mol. The number of aromatic nitrogens is 4. The molecule has 0 amide bonds. The summed E-state index contributed by atoms with van der Waals surface area (Å²) in [6.45, 7) is 1.54. The van der Waals surface area contributed by atoms with Gasteiger partial charge >= 0.3 is 0 Å². The maximum atomic E-state index is 12.9. The molecule has 0 fully saturated rings. The maximum absolute atomic E-state index is 12.9. The Morgan fingerprint density at radius 2 is 1.89 bits per heavy atom. The van der Waals surface area contributed by atoms with Crippen LogP contribution in [-0.4, -0.2) is 26.5 Å². The number of nitrogens with one attached hydrogen (secondary N) is 1. The number of fused-ring (bicyclic) bond motifs is 2. The monoisotopic (exact) mass is 355 g/mol. The number of rotatable bonds is 2. The Labute approximate surface area is 155 Å². The van der Waals surface area contributed by atoms with Gasteiger partial charge in [0.15, 0.2) is 5.65 Å². The fourth-order valence-corrected chi connectivity index (χ4v) is 3.64. The van der Waals surface area contributed by atoms with E-state index in [1.165, 1.54) is 11.1 Å². The summed E-state index contributed by atoms with van der Waals surface area (Å²) in [5.74, 6) is 0.567. The molecule has 0 saturated carbocycles. The summed E-state index contributed by atoms with van der Waals surface area (Å²) >= 11 is 0. The van der Waals surface area contributed by atoms with Crippen molar-refractivity contribution in [3.8, 4) is 11.1 Å². The Morgan fingerprint density at radius 3 is 2.74 bits per heavy atom. The lowest BCUT2D eigenvalue weighted by atomic mass is 10.0. The minimum absolute atomic E-state index is 0.180. The molecule has 0 spiro atoms. The second kappa shape index (κ2) is 6.32. The molecule has 5 rings (SSSR count). The van der Waals surface area contributed by atoms with E-state index < -0.39 is 0 Å². The highest BCUT2D eigenvalue weighted by Gasteiger charge is 2.19. The highest BCUT2D eigenvalue weighted by molar-refractivity contribution is 5.91. The topological polar surface area (TPSA) is 74.8 Å². The van der Waals surface area contributed by atoms with Crippen LogP contribution in [0, 0.1) is 0 Å². The number of anilines is 1. The van der Waals surface area contributed by atoms with Crippen LogP contribution in [0.15, 0.2) is 65.8 Å². The van der Waals surface area contributed by atoms with E-state index in [9.17, 15) is 4.79 Å². The van der Waals surface area contributed by atoms with Crippen molar-refractivity contribution < 1.29 is 0 Å². The highest BCUT2D eigenvalue weighted by atomic mass is 16.1. The van der Waals surface area contributed by atoms with Gasteiger partial charge in [0.05, 0.1) is 5.39 Å². The van der Waals surface area contributed by atoms with E-state index in [-0.39, 0.29) is 5.56 Å². The second-order valence-electron chi connectivity index (χ2n) is 6.63. The van der Waals surface area contributed by atoms with Crippen molar-refractivity contribution in [2.45, 2.75) is 13.0 Å². The molecule has 27 heavy (non-hydrogen) atoms. The molecule has 3 aromatic heterocycles. The van der Waals surface area contributed by atoms with Crippen molar-refractivity contribution in [1.29, 1.82) is 0 Å². The Bertz CT molecular complexity index is 1190. The quantitative estimate of drug-likeness (QED) is 0.598. The van der Waals surface area contributed by atoms with Crippen LogP contribution in [0.25, 0.3) is 22.2 Å². The smallest absolute Gasteiger partial charge is 0.262 e. The second-order valence-corrected chi connectivity index (χ2v) is 6.63. The van der Waals surface area contributed by atoms with Gasteiger partial charge in [0.2, 0.25) is 5.95 Å². The van der Waals surface area contributed by atoms with Gasteiger partial charge in [-0.3, -0.25) is 14.8 Å². The average Bonchev–Trinajstić information content (AvgIpc) is 2.73. The van der Waals surface area contributed by atoms with Gasteiger partial charge in [0.1, 0.15) is 0 Å². The summed E-state index contributed by atoms with van der Waals surface area (Å²) in [6.07, 6.45) is 6.07. The molecule has 1 aromatic carbocycles. The Hall–Kier alpha value is -3.54. The number of pyridine rings is 2. The van der Waals surface area contributed by atoms with Crippen LogP contribution < -0.4 is 10.5 Å². The van der Waals surface area contributed by atoms with E-state index in [1.54, 1.807) is 18.6 Å². The number of hydrogen-bond acceptors (Lipinski definition) is 5. The van der Waals surface area contributed by atoms with Crippen LogP contribution in [0.1, 0.15) is 11.1 Å². The van der Waals surface area contributed by atoms with Gasteiger partial charge in [0, 0.05) is 42.8 Å². The molecule has 0 atom stereocenters. The number of benzene rings is 1. The number of aromatic amines is 1. The fourth-order valence-electron chi connectivity index (χ4n) is 3.64. The molecule has 0 unspecified atom stereocenters. The molecule has 4 heterocycles. The zero-order valence-corrected chi connectivity index (χ0v) is 14.6. The number of H-pyrrole nitrogens is 1. The first-order chi connectivity index (χ1) is 13.3. The third kappa shape index (κ3) is 2.75. The van der Waals surface area contributed by atoms with Crippen molar-refractivity contribution in [1.82, 2.24) is 19.9 Å². The van der Waals surface area contributed by atoms with E-state index in [4.69, 9.17) is 0 Å². The van der Waals surface area contributed by atoms with Gasteiger partial charge < -0.3 is 4.90 Å². The number of nitrogens with zero attached hydrogens (tertiary/aromatic N) is 4. The van der Waals surface area contributed by atoms with Gasteiger partial charge in [-0.05, 0) is 29.7 Å². The molecule has 0 radical (unpaired) electrons. The molecular weight excluding hydrogens is 338 g/mol. The zero-order valence-electron chi connectivity index (χ0n) is 14.6. The summed E-state index contributed by atoms with van der Waals surface area (Å²) in [6, 6.07) is 14.0. The third-order valence-electron chi connectivity index (χ3n) is 5.00.